The molecule has 1 aromatic heterocycles. The molecule has 0 spiro atoms. The highest BCUT2D eigenvalue weighted by Gasteiger charge is 2.11. The Morgan fingerprint density at radius 3 is 2.94 bits per heavy atom. The molecule has 0 aliphatic heterocycles. The van der Waals surface area contributed by atoms with E-state index >= 15 is 0 Å². The Labute approximate surface area is 107 Å². The number of aryl methyl sites for hydroxylation is 1. The molecule has 2 aromatic rings. The lowest BCUT2D eigenvalue weighted by molar-refractivity contribution is 0.0603. The number of pyridine rings is 1. The zero-order chi connectivity index (χ0) is 13.0. The monoisotopic (exact) mass is 243 g/mol. The Hall–Kier alpha value is -1.90. The highest BCUT2D eigenvalue weighted by Crippen LogP contribution is 2.19. The standard InChI is InChI=1S/C15H17NO2/c1-3-4-6-11-9-12-7-5-8-13(15(17)18-2)14(12)16-10-11/h5,7-10H,3-4,6H2,1-2H3. The maximum Gasteiger partial charge on any atom is 0.340 e. The van der Waals surface area contributed by atoms with Gasteiger partial charge in [0.1, 0.15) is 0 Å². The fraction of sp³-hybridized carbons (Fsp3) is 0.333. The molecule has 0 aliphatic rings. The third-order valence-corrected chi connectivity index (χ3v) is 2.99. The molecule has 0 radical (unpaired) electrons. The summed E-state index contributed by atoms with van der Waals surface area (Å²) in [7, 11) is 1.39. The first-order valence-electron chi connectivity index (χ1n) is 6.22. The van der Waals surface area contributed by atoms with Gasteiger partial charge >= 0.3 is 5.97 Å². The Morgan fingerprint density at radius 2 is 2.22 bits per heavy atom. The van der Waals surface area contributed by atoms with Crippen LogP contribution >= 0.6 is 0 Å². The van der Waals surface area contributed by atoms with Gasteiger partial charge in [0, 0.05) is 11.6 Å². The molecule has 0 saturated heterocycles. The van der Waals surface area contributed by atoms with Crippen molar-refractivity contribution in [2.45, 2.75) is 26.2 Å². The molecule has 18 heavy (non-hydrogen) atoms. The van der Waals surface area contributed by atoms with Gasteiger partial charge in [0.05, 0.1) is 18.2 Å². The molecule has 0 unspecified atom stereocenters. The van der Waals surface area contributed by atoms with Gasteiger partial charge in [0.25, 0.3) is 0 Å². The van der Waals surface area contributed by atoms with Crippen LogP contribution in [0, 0.1) is 0 Å². The molecule has 3 nitrogen and oxygen atoms in total. The summed E-state index contributed by atoms with van der Waals surface area (Å²) in [6.07, 6.45) is 5.20. The predicted octanol–water partition coefficient (Wildman–Crippen LogP) is 3.36. The molecule has 0 amide bonds. The number of carbonyl (C=O) groups is 1. The summed E-state index contributed by atoms with van der Waals surface area (Å²) in [5.74, 6) is -0.339. The molecule has 2 rings (SSSR count). The van der Waals surface area contributed by atoms with Crippen molar-refractivity contribution in [1.29, 1.82) is 0 Å². The summed E-state index contributed by atoms with van der Waals surface area (Å²) in [6.45, 7) is 2.17. The summed E-state index contributed by atoms with van der Waals surface area (Å²) in [5.41, 5.74) is 2.45. The van der Waals surface area contributed by atoms with Crippen LogP contribution in [0.3, 0.4) is 0 Å². The smallest absolute Gasteiger partial charge is 0.340 e. The second-order valence-corrected chi connectivity index (χ2v) is 4.32. The van der Waals surface area contributed by atoms with Gasteiger partial charge in [-0.25, -0.2) is 4.79 Å². The van der Waals surface area contributed by atoms with Crippen LogP contribution < -0.4 is 0 Å². The number of para-hydroxylation sites is 1. The topological polar surface area (TPSA) is 39.2 Å². The minimum atomic E-state index is -0.339. The van der Waals surface area contributed by atoms with E-state index in [1.54, 1.807) is 6.07 Å². The molecule has 0 saturated carbocycles. The van der Waals surface area contributed by atoms with Crippen molar-refractivity contribution in [3.63, 3.8) is 0 Å². The number of rotatable bonds is 4. The van der Waals surface area contributed by atoms with E-state index < -0.39 is 0 Å². The highest BCUT2D eigenvalue weighted by molar-refractivity contribution is 6.02. The third-order valence-electron chi connectivity index (χ3n) is 2.99. The van der Waals surface area contributed by atoms with E-state index in [1.807, 2.05) is 18.3 Å². The van der Waals surface area contributed by atoms with E-state index in [0.29, 0.717) is 11.1 Å². The van der Waals surface area contributed by atoms with Gasteiger partial charge in [-0.3, -0.25) is 4.98 Å². The van der Waals surface area contributed by atoms with Crippen LogP contribution in [-0.4, -0.2) is 18.1 Å². The van der Waals surface area contributed by atoms with Crippen LogP contribution in [0.25, 0.3) is 10.9 Å². The molecule has 3 heteroatoms. The Morgan fingerprint density at radius 1 is 1.39 bits per heavy atom. The summed E-state index contributed by atoms with van der Waals surface area (Å²) in [4.78, 5) is 16.0. The predicted molar refractivity (Wildman–Crippen MR) is 71.7 cm³/mol. The maximum absolute atomic E-state index is 11.6. The van der Waals surface area contributed by atoms with Crippen LogP contribution in [0.4, 0.5) is 0 Å². The summed E-state index contributed by atoms with van der Waals surface area (Å²) >= 11 is 0. The largest absolute Gasteiger partial charge is 0.465 e. The van der Waals surface area contributed by atoms with Gasteiger partial charge in [-0.15, -0.1) is 0 Å². The van der Waals surface area contributed by atoms with Crippen LogP contribution in [0.1, 0.15) is 35.7 Å². The van der Waals surface area contributed by atoms with Gasteiger partial charge < -0.3 is 4.74 Å². The number of hydrogen-bond acceptors (Lipinski definition) is 3. The van der Waals surface area contributed by atoms with Gasteiger partial charge in [-0.2, -0.15) is 0 Å². The Bertz CT molecular complexity index is 563. The SMILES string of the molecule is CCCCc1cnc2c(C(=O)OC)cccc2c1. The minimum absolute atomic E-state index is 0.339. The molecule has 0 atom stereocenters. The maximum atomic E-state index is 11.6. The zero-order valence-electron chi connectivity index (χ0n) is 10.8. The number of fused-ring (bicyclic) bond motifs is 1. The van der Waals surface area contributed by atoms with E-state index in [1.165, 1.54) is 19.1 Å². The molecule has 0 bridgehead atoms. The van der Waals surface area contributed by atoms with Crippen LogP contribution in [-0.2, 0) is 11.2 Å². The van der Waals surface area contributed by atoms with E-state index in [0.717, 1.165) is 18.2 Å². The van der Waals surface area contributed by atoms with E-state index in [-0.39, 0.29) is 5.97 Å². The van der Waals surface area contributed by atoms with Crippen molar-refractivity contribution in [3.05, 3.63) is 41.6 Å². The molecule has 0 N–H and O–H groups in total. The van der Waals surface area contributed by atoms with Gasteiger partial charge in [-0.05, 0) is 30.5 Å². The van der Waals surface area contributed by atoms with Gasteiger partial charge in [-0.1, -0.05) is 25.5 Å². The second kappa shape index (κ2) is 5.63. The first-order chi connectivity index (χ1) is 8.76. The lowest BCUT2D eigenvalue weighted by Crippen LogP contribution is -2.03. The number of methoxy groups -OCH3 is 1. The number of unbranched alkanes of at least 4 members (excludes halogenated alkanes) is 1. The first kappa shape index (κ1) is 12.6. The van der Waals surface area contributed by atoms with Crippen molar-refractivity contribution < 1.29 is 9.53 Å². The lowest BCUT2D eigenvalue weighted by Gasteiger charge is -2.06. The number of esters is 1. The normalized spacial score (nSPS) is 10.6. The average Bonchev–Trinajstić information content (AvgIpc) is 2.43. The zero-order valence-corrected chi connectivity index (χ0v) is 10.8. The van der Waals surface area contributed by atoms with Crippen LogP contribution in [0.5, 0.6) is 0 Å². The molecule has 0 aliphatic carbocycles. The van der Waals surface area contributed by atoms with Crippen molar-refractivity contribution in [3.8, 4) is 0 Å². The number of aromatic nitrogens is 1. The highest BCUT2D eigenvalue weighted by atomic mass is 16.5. The van der Waals surface area contributed by atoms with Crippen molar-refractivity contribution >= 4 is 16.9 Å². The molecular formula is C15H17NO2. The second-order valence-electron chi connectivity index (χ2n) is 4.32. The fourth-order valence-corrected chi connectivity index (χ4v) is 2.00. The average molecular weight is 243 g/mol. The minimum Gasteiger partial charge on any atom is -0.465 e. The number of benzene rings is 1. The van der Waals surface area contributed by atoms with E-state index in [9.17, 15) is 4.79 Å². The fourth-order valence-electron chi connectivity index (χ4n) is 2.00. The summed E-state index contributed by atoms with van der Waals surface area (Å²) < 4.78 is 4.76. The summed E-state index contributed by atoms with van der Waals surface area (Å²) in [6, 6.07) is 7.68. The first-order valence-corrected chi connectivity index (χ1v) is 6.22. The molecule has 1 heterocycles. The van der Waals surface area contributed by atoms with Crippen molar-refractivity contribution in [2.24, 2.45) is 0 Å². The molecular weight excluding hydrogens is 226 g/mol. The number of ether oxygens (including phenoxy) is 1. The molecule has 1 aromatic carbocycles. The van der Waals surface area contributed by atoms with E-state index in [2.05, 4.69) is 18.0 Å². The number of nitrogens with zero attached hydrogens (tertiary/aromatic N) is 1. The van der Waals surface area contributed by atoms with Crippen LogP contribution in [0.15, 0.2) is 30.5 Å². The Kier molecular flexibility index (Phi) is 3.92. The van der Waals surface area contributed by atoms with Crippen LogP contribution in [0.2, 0.25) is 0 Å². The summed E-state index contributed by atoms with van der Waals surface area (Å²) in [5, 5.41) is 0.992. The van der Waals surface area contributed by atoms with Gasteiger partial charge in [0.2, 0.25) is 0 Å². The van der Waals surface area contributed by atoms with Crippen molar-refractivity contribution in [2.75, 3.05) is 7.11 Å². The Balaban J connectivity index is 2.43. The number of hydrogen-bond donors (Lipinski definition) is 0. The number of carbonyl (C=O) groups excluding carboxylic acids is 1. The lowest BCUT2D eigenvalue weighted by atomic mass is 10.1. The molecule has 0 fully saturated rings. The van der Waals surface area contributed by atoms with E-state index in [4.69, 9.17) is 4.74 Å². The third kappa shape index (κ3) is 2.50. The molecule has 94 valence electrons. The quantitative estimate of drug-likeness (QED) is 0.773. The van der Waals surface area contributed by atoms with Crippen molar-refractivity contribution in [1.82, 2.24) is 4.98 Å². The van der Waals surface area contributed by atoms with Gasteiger partial charge in [0.15, 0.2) is 0 Å².